The quantitative estimate of drug-likeness (QED) is 0.708. The average Bonchev–Trinajstić information content (AvgIpc) is 1.94. The maximum Gasteiger partial charge on any atom is 0.132 e. The van der Waals surface area contributed by atoms with Crippen molar-refractivity contribution in [1.29, 1.82) is 0 Å². The van der Waals surface area contributed by atoms with Crippen LogP contribution in [0.2, 0.25) is 0 Å². The van der Waals surface area contributed by atoms with Gasteiger partial charge in [0.15, 0.2) is 0 Å². The summed E-state index contributed by atoms with van der Waals surface area (Å²) >= 11 is 0. The summed E-state index contributed by atoms with van der Waals surface area (Å²) in [5.41, 5.74) is 0.805. The Bertz CT molecular complexity index is 324. The van der Waals surface area contributed by atoms with Crippen LogP contribution in [0.1, 0.15) is 30.5 Å². The van der Waals surface area contributed by atoms with E-state index in [1.54, 1.807) is 32.9 Å². The fourth-order valence-electron chi connectivity index (χ4n) is 1.40. The van der Waals surface area contributed by atoms with Gasteiger partial charge in [-0.3, -0.25) is 0 Å². The third-order valence-corrected chi connectivity index (χ3v) is 2.06. The van der Waals surface area contributed by atoms with Crippen LogP contribution < -0.4 is 0 Å². The molecule has 0 saturated carbocycles. The number of rotatable bonds is 1. The van der Waals surface area contributed by atoms with Crippen molar-refractivity contribution in [3.63, 3.8) is 0 Å². The summed E-state index contributed by atoms with van der Waals surface area (Å²) in [6.07, 6.45) is 0. The van der Waals surface area contributed by atoms with Crippen LogP contribution in [0.15, 0.2) is 12.1 Å². The van der Waals surface area contributed by atoms with Crippen molar-refractivity contribution < 1.29 is 9.50 Å². The molecule has 0 bridgehead atoms. The van der Waals surface area contributed by atoms with E-state index in [1.807, 2.05) is 6.92 Å². The van der Waals surface area contributed by atoms with Gasteiger partial charge in [-0.15, -0.1) is 0 Å². The van der Waals surface area contributed by atoms with Gasteiger partial charge in [-0.05, 0) is 33.3 Å². The molecule has 0 fully saturated rings. The van der Waals surface area contributed by atoms with Gasteiger partial charge < -0.3 is 5.11 Å². The first kappa shape index (κ1) is 10.2. The normalized spacial score (nSPS) is 11.8. The molecule has 13 heavy (non-hydrogen) atoms. The van der Waals surface area contributed by atoms with Crippen LogP contribution in [0.25, 0.3) is 0 Å². The van der Waals surface area contributed by atoms with E-state index >= 15 is 0 Å². The van der Waals surface area contributed by atoms with E-state index in [-0.39, 0.29) is 5.82 Å². The smallest absolute Gasteiger partial charge is 0.132 e. The monoisotopic (exact) mass is 182 g/mol. The summed E-state index contributed by atoms with van der Waals surface area (Å²) in [5.74, 6) is -0.307. The highest BCUT2D eigenvalue weighted by atomic mass is 19.1. The molecule has 0 amide bonds. The first-order valence-corrected chi connectivity index (χ1v) is 4.32. The van der Waals surface area contributed by atoms with Crippen molar-refractivity contribution in [2.75, 3.05) is 0 Å². The Morgan fingerprint density at radius 2 is 1.77 bits per heavy atom. The Morgan fingerprint density at radius 1 is 1.23 bits per heavy atom. The highest BCUT2D eigenvalue weighted by molar-refractivity contribution is 5.33. The van der Waals surface area contributed by atoms with Crippen LogP contribution in [0, 0.1) is 19.7 Å². The number of halogens is 1. The van der Waals surface area contributed by atoms with Gasteiger partial charge in [0.1, 0.15) is 5.82 Å². The largest absolute Gasteiger partial charge is 0.386 e. The molecule has 0 radical (unpaired) electrons. The fourth-order valence-corrected chi connectivity index (χ4v) is 1.40. The van der Waals surface area contributed by atoms with Gasteiger partial charge in [-0.1, -0.05) is 17.7 Å². The zero-order valence-electron chi connectivity index (χ0n) is 8.48. The highest BCUT2D eigenvalue weighted by Crippen LogP contribution is 2.25. The van der Waals surface area contributed by atoms with Gasteiger partial charge in [0, 0.05) is 5.56 Å². The summed E-state index contributed by atoms with van der Waals surface area (Å²) in [4.78, 5) is 0. The van der Waals surface area contributed by atoms with E-state index in [0.29, 0.717) is 11.1 Å². The molecule has 2 heteroatoms. The van der Waals surface area contributed by atoms with Crippen LogP contribution in [-0.2, 0) is 5.60 Å². The molecule has 1 N–H and O–H groups in total. The summed E-state index contributed by atoms with van der Waals surface area (Å²) in [7, 11) is 0. The molecule has 0 aliphatic carbocycles. The van der Waals surface area contributed by atoms with E-state index in [4.69, 9.17) is 0 Å². The predicted molar refractivity (Wildman–Crippen MR) is 51.1 cm³/mol. The molecule has 0 aliphatic heterocycles. The Morgan fingerprint density at radius 3 is 2.23 bits per heavy atom. The van der Waals surface area contributed by atoms with E-state index in [1.165, 1.54) is 0 Å². The standard InChI is InChI=1S/C11H15FO/c1-7-5-8(2)10(12)9(6-7)11(3,4)13/h5-6,13H,1-4H3. The van der Waals surface area contributed by atoms with Gasteiger partial charge >= 0.3 is 0 Å². The molecule has 1 nitrogen and oxygen atoms in total. The maximum atomic E-state index is 13.5. The zero-order valence-corrected chi connectivity index (χ0v) is 8.48. The first-order chi connectivity index (χ1) is 5.82. The van der Waals surface area contributed by atoms with Gasteiger partial charge in [0.25, 0.3) is 0 Å². The third kappa shape index (κ3) is 2.07. The molecule has 0 aliphatic rings. The lowest BCUT2D eigenvalue weighted by molar-refractivity contribution is 0.0743. The van der Waals surface area contributed by atoms with Crippen molar-refractivity contribution >= 4 is 0 Å². The Hall–Kier alpha value is -0.890. The number of hydrogen-bond acceptors (Lipinski definition) is 1. The first-order valence-electron chi connectivity index (χ1n) is 4.32. The molecule has 1 aromatic rings. The Balaban J connectivity index is 3.37. The van der Waals surface area contributed by atoms with Crippen LogP contribution in [0.5, 0.6) is 0 Å². The van der Waals surface area contributed by atoms with Gasteiger partial charge in [0.2, 0.25) is 0 Å². The van der Waals surface area contributed by atoms with Crippen molar-refractivity contribution in [3.8, 4) is 0 Å². The molecular formula is C11H15FO. The minimum Gasteiger partial charge on any atom is -0.386 e. The van der Waals surface area contributed by atoms with Gasteiger partial charge in [-0.2, -0.15) is 0 Å². The van der Waals surface area contributed by atoms with Crippen LogP contribution >= 0.6 is 0 Å². The summed E-state index contributed by atoms with van der Waals surface area (Å²) in [5, 5.41) is 9.68. The molecule has 0 aromatic heterocycles. The van der Waals surface area contributed by atoms with Crippen molar-refractivity contribution in [1.82, 2.24) is 0 Å². The third-order valence-electron chi connectivity index (χ3n) is 2.06. The molecule has 1 aromatic carbocycles. The van der Waals surface area contributed by atoms with E-state index in [2.05, 4.69) is 0 Å². The van der Waals surface area contributed by atoms with Crippen molar-refractivity contribution in [2.45, 2.75) is 33.3 Å². The average molecular weight is 182 g/mol. The van der Waals surface area contributed by atoms with Gasteiger partial charge in [0.05, 0.1) is 5.60 Å². The van der Waals surface area contributed by atoms with Crippen molar-refractivity contribution in [2.24, 2.45) is 0 Å². The SMILES string of the molecule is Cc1cc(C)c(F)c(C(C)(C)O)c1. The molecule has 0 spiro atoms. The van der Waals surface area contributed by atoms with E-state index in [9.17, 15) is 9.50 Å². The second-order valence-corrected chi connectivity index (χ2v) is 4.00. The lowest BCUT2D eigenvalue weighted by Gasteiger charge is -2.20. The molecule has 0 heterocycles. The summed E-state index contributed by atoms with van der Waals surface area (Å²) in [6, 6.07) is 3.45. The second kappa shape index (κ2) is 3.11. The summed E-state index contributed by atoms with van der Waals surface area (Å²) in [6.45, 7) is 6.77. The number of hydrogen-bond donors (Lipinski definition) is 1. The van der Waals surface area contributed by atoms with Crippen LogP contribution in [0.3, 0.4) is 0 Å². The second-order valence-electron chi connectivity index (χ2n) is 4.00. The molecule has 72 valence electrons. The fraction of sp³-hybridized carbons (Fsp3) is 0.455. The van der Waals surface area contributed by atoms with Crippen LogP contribution in [0.4, 0.5) is 4.39 Å². The molecule has 1 rings (SSSR count). The Kier molecular flexibility index (Phi) is 2.44. The minimum absolute atomic E-state index is 0.307. The number of aliphatic hydroxyl groups is 1. The molecule has 0 atom stereocenters. The Labute approximate surface area is 78.2 Å². The topological polar surface area (TPSA) is 20.2 Å². The van der Waals surface area contributed by atoms with E-state index < -0.39 is 5.60 Å². The van der Waals surface area contributed by atoms with Crippen LogP contribution in [-0.4, -0.2) is 5.11 Å². The van der Waals surface area contributed by atoms with E-state index in [0.717, 1.165) is 5.56 Å². The highest BCUT2D eigenvalue weighted by Gasteiger charge is 2.21. The number of benzene rings is 1. The lowest BCUT2D eigenvalue weighted by Crippen LogP contribution is -2.18. The zero-order chi connectivity index (χ0) is 10.2. The maximum absolute atomic E-state index is 13.5. The number of aryl methyl sites for hydroxylation is 2. The lowest BCUT2D eigenvalue weighted by atomic mass is 9.94. The predicted octanol–water partition coefficient (Wildman–Crippen LogP) is 2.67. The molecule has 0 saturated heterocycles. The van der Waals surface area contributed by atoms with Crippen molar-refractivity contribution in [3.05, 3.63) is 34.6 Å². The van der Waals surface area contributed by atoms with Gasteiger partial charge in [-0.25, -0.2) is 4.39 Å². The molecular weight excluding hydrogens is 167 g/mol. The minimum atomic E-state index is -1.11. The molecule has 0 unspecified atom stereocenters. The summed E-state index contributed by atoms with van der Waals surface area (Å²) < 4.78 is 13.5.